The van der Waals surface area contributed by atoms with Crippen molar-refractivity contribution in [1.82, 2.24) is 14.7 Å². The van der Waals surface area contributed by atoms with E-state index in [-0.39, 0.29) is 5.91 Å². The summed E-state index contributed by atoms with van der Waals surface area (Å²) in [6, 6.07) is 12.4. The molecular weight excluding hydrogens is 340 g/mol. The Morgan fingerprint density at radius 1 is 1.19 bits per heavy atom. The first-order valence-corrected chi connectivity index (χ1v) is 8.92. The second kappa shape index (κ2) is 7.80. The number of hydrogen-bond donors (Lipinski definition) is 1. The van der Waals surface area contributed by atoms with Crippen LogP contribution in [-0.2, 0) is 18.4 Å². The maximum Gasteiger partial charge on any atom is 0.238 e. The third-order valence-corrected chi connectivity index (χ3v) is 4.75. The molecule has 27 heavy (non-hydrogen) atoms. The van der Waals surface area contributed by atoms with Crippen molar-refractivity contribution in [1.29, 1.82) is 0 Å². The number of methoxy groups -OCH3 is 1. The highest BCUT2D eigenvalue weighted by molar-refractivity contribution is 5.93. The van der Waals surface area contributed by atoms with Crippen LogP contribution in [0, 0.1) is 13.8 Å². The van der Waals surface area contributed by atoms with Gasteiger partial charge in [-0.25, -0.2) is 0 Å². The van der Waals surface area contributed by atoms with E-state index in [0.717, 1.165) is 39.2 Å². The molecule has 0 aliphatic carbocycles. The molecule has 2 aromatic carbocycles. The van der Waals surface area contributed by atoms with E-state index in [1.54, 1.807) is 11.8 Å². The first-order valence-electron chi connectivity index (χ1n) is 8.92. The SMILES string of the molecule is COc1ccc2cc(CN(C)CC(=O)Nc3c(C)nn(C)c3C)ccc2c1. The smallest absolute Gasteiger partial charge is 0.238 e. The van der Waals surface area contributed by atoms with E-state index in [2.05, 4.69) is 34.7 Å². The number of fused-ring (bicyclic) bond motifs is 1. The Hall–Kier alpha value is -2.86. The molecule has 6 nitrogen and oxygen atoms in total. The number of amides is 1. The predicted octanol–water partition coefficient (Wildman–Crippen LogP) is 3.27. The predicted molar refractivity (Wildman–Crippen MR) is 108 cm³/mol. The number of aryl methyl sites for hydroxylation is 2. The van der Waals surface area contributed by atoms with Crippen molar-refractivity contribution in [3.8, 4) is 5.75 Å². The molecule has 0 fully saturated rings. The van der Waals surface area contributed by atoms with Crippen LogP contribution in [-0.4, -0.2) is 41.3 Å². The number of nitrogens with one attached hydrogen (secondary N) is 1. The topological polar surface area (TPSA) is 59.4 Å². The summed E-state index contributed by atoms with van der Waals surface area (Å²) in [5.41, 5.74) is 3.75. The molecule has 0 saturated carbocycles. The zero-order valence-corrected chi connectivity index (χ0v) is 16.5. The van der Waals surface area contributed by atoms with E-state index in [1.165, 1.54) is 0 Å². The van der Waals surface area contributed by atoms with Crippen LogP contribution >= 0.6 is 0 Å². The number of ether oxygens (including phenoxy) is 1. The number of aromatic nitrogens is 2. The Labute approximate surface area is 159 Å². The fraction of sp³-hybridized carbons (Fsp3) is 0.333. The van der Waals surface area contributed by atoms with Gasteiger partial charge >= 0.3 is 0 Å². The van der Waals surface area contributed by atoms with Gasteiger partial charge in [0.05, 0.1) is 30.7 Å². The van der Waals surface area contributed by atoms with Crippen LogP contribution in [0.15, 0.2) is 36.4 Å². The monoisotopic (exact) mass is 366 g/mol. The number of carbonyl (C=O) groups is 1. The molecular formula is C21H26N4O2. The van der Waals surface area contributed by atoms with E-state index in [9.17, 15) is 4.79 Å². The molecule has 3 aromatic rings. The van der Waals surface area contributed by atoms with Crippen LogP contribution in [0.4, 0.5) is 5.69 Å². The van der Waals surface area contributed by atoms with Gasteiger partial charge in [-0.15, -0.1) is 0 Å². The van der Waals surface area contributed by atoms with Crippen molar-refractivity contribution in [2.75, 3.05) is 26.0 Å². The number of anilines is 1. The van der Waals surface area contributed by atoms with Crippen molar-refractivity contribution >= 4 is 22.4 Å². The first kappa shape index (κ1) is 18.9. The molecule has 1 amide bonds. The molecule has 1 N–H and O–H groups in total. The molecule has 0 saturated heterocycles. The number of carbonyl (C=O) groups excluding carboxylic acids is 1. The summed E-state index contributed by atoms with van der Waals surface area (Å²) in [5.74, 6) is 0.812. The molecule has 0 atom stereocenters. The third kappa shape index (κ3) is 4.28. The minimum absolute atomic E-state index is 0.0396. The minimum Gasteiger partial charge on any atom is -0.497 e. The third-order valence-electron chi connectivity index (χ3n) is 4.75. The second-order valence-corrected chi connectivity index (χ2v) is 6.94. The highest BCUT2D eigenvalue weighted by Gasteiger charge is 2.14. The normalized spacial score (nSPS) is 11.2. The highest BCUT2D eigenvalue weighted by Crippen LogP contribution is 2.22. The van der Waals surface area contributed by atoms with Gasteiger partial charge in [-0.05, 0) is 55.4 Å². The van der Waals surface area contributed by atoms with Gasteiger partial charge in [-0.1, -0.05) is 18.2 Å². The summed E-state index contributed by atoms with van der Waals surface area (Å²) < 4.78 is 7.05. The zero-order chi connectivity index (χ0) is 19.6. The summed E-state index contributed by atoms with van der Waals surface area (Å²) in [6.07, 6.45) is 0. The molecule has 0 bridgehead atoms. The fourth-order valence-corrected chi connectivity index (χ4v) is 3.24. The summed E-state index contributed by atoms with van der Waals surface area (Å²) >= 11 is 0. The quantitative estimate of drug-likeness (QED) is 0.727. The molecule has 0 spiro atoms. The lowest BCUT2D eigenvalue weighted by molar-refractivity contribution is -0.117. The number of benzene rings is 2. The molecule has 1 heterocycles. The molecule has 3 rings (SSSR count). The number of hydrogen-bond acceptors (Lipinski definition) is 4. The Morgan fingerprint density at radius 3 is 2.56 bits per heavy atom. The van der Waals surface area contributed by atoms with Crippen molar-refractivity contribution in [3.63, 3.8) is 0 Å². The van der Waals surface area contributed by atoms with Crippen molar-refractivity contribution in [2.24, 2.45) is 7.05 Å². The van der Waals surface area contributed by atoms with Crippen molar-refractivity contribution in [3.05, 3.63) is 53.3 Å². The van der Waals surface area contributed by atoms with Gasteiger partial charge in [0, 0.05) is 13.6 Å². The standard InChI is InChI=1S/C21H26N4O2/c1-14-21(15(2)25(4)23-14)22-20(26)13-24(3)12-16-6-7-18-11-19(27-5)9-8-17(18)10-16/h6-11H,12-13H2,1-5H3,(H,22,26). The summed E-state index contributed by atoms with van der Waals surface area (Å²) in [7, 11) is 5.49. The summed E-state index contributed by atoms with van der Waals surface area (Å²) in [6.45, 7) is 4.86. The number of nitrogens with zero attached hydrogens (tertiary/aromatic N) is 3. The summed E-state index contributed by atoms with van der Waals surface area (Å²) in [4.78, 5) is 14.4. The average molecular weight is 366 g/mol. The lowest BCUT2D eigenvalue weighted by Crippen LogP contribution is -2.30. The van der Waals surface area contributed by atoms with Crippen LogP contribution in [0.3, 0.4) is 0 Å². The Balaban J connectivity index is 1.63. The van der Waals surface area contributed by atoms with Gasteiger partial charge in [-0.2, -0.15) is 5.10 Å². The van der Waals surface area contributed by atoms with Gasteiger partial charge in [0.2, 0.25) is 5.91 Å². The molecule has 0 unspecified atom stereocenters. The van der Waals surface area contributed by atoms with Gasteiger partial charge in [0.25, 0.3) is 0 Å². The fourth-order valence-electron chi connectivity index (χ4n) is 3.24. The molecule has 1 aromatic heterocycles. The zero-order valence-electron chi connectivity index (χ0n) is 16.5. The maximum absolute atomic E-state index is 12.4. The van der Waals surface area contributed by atoms with Gasteiger partial charge in [0.1, 0.15) is 5.75 Å². The maximum atomic E-state index is 12.4. The van der Waals surface area contributed by atoms with E-state index in [0.29, 0.717) is 13.1 Å². The van der Waals surface area contributed by atoms with Crippen LogP contribution in [0.25, 0.3) is 10.8 Å². The first-order chi connectivity index (χ1) is 12.9. The molecule has 0 aliphatic rings. The van der Waals surface area contributed by atoms with E-state index >= 15 is 0 Å². The van der Waals surface area contributed by atoms with E-state index < -0.39 is 0 Å². The average Bonchev–Trinajstić information content (AvgIpc) is 2.87. The van der Waals surface area contributed by atoms with Crippen LogP contribution in [0.2, 0.25) is 0 Å². The second-order valence-electron chi connectivity index (χ2n) is 6.94. The van der Waals surface area contributed by atoms with Gasteiger partial charge in [0.15, 0.2) is 0 Å². The molecule has 6 heteroatoms. The number of likely N-dealkylation sites (N-methyl/N-ethyl adjacent to an activating group) is 1. The van der Waals surface area contributed by atoms with Crippen LogP contribution in [0.1, 0.15) is 17.0 Å². The van der Waals surface area contributed by atoms with Gasteiger partial charge in [-0.3, -0.25) is 14.4 Å². The minimum atomic E-state index is -0.0396. The lowest BCUT2D eigenvalue weighted by Gasteiger charge is -2.17. The van der Waals surface area contributed by atoms with Crippen molar-refractivity contribution in [2.45, 2.75) is 20.4 Å². The summed E-state index contributed by atoms with van der Waals surface area (Å²) in [5, 5.41) is 9.61. The Morgan fingerprint density at radius 2 is 1.89 bits per heavy atom. The highest BCUT2D eigenvalue weighted by atomic mass is 16.5. The molecule has 0 aliphatic heterocycles. The van der Waals surface area contributed by atoms with Crippen LogP contribution < -0.4 is 10.1 Å². The van der Waals surface area contributed by atoms with Crippen LogP contribution in [0.5, 0.6) is 5.75 Å². The molecule has 0 radical (unpaired) electrons. The van der Waals surface area contributed by atoms with Gasteiger partial charge < -0.3 is 10.1 Å². The Kier molecular flexibility index (Phi) is 5.46. The number of rotatable bonds is 6. The lowest BCUT2D eigenvalue weighted by atomic mass is 10.1. The van der Waals surface area contributed by atoms with E-state index in [4.69, 9.17) is 4.74 Å². The largest absolute Gasteiger partial charge is 0.497 e. The van der Waals surface area contributed by atoms with Crippen molar-refractivity contribution < 1.29 is 9.53 Å². The Bertz CT molecular complexity index is 978. The molecule has 142 valence electrons. The van der Waals surface area contributed by atoms with E-state index in [1.807, 2.05) is 45.0 Å².